The molecule has 1 aromatic carbocycles. The van der Waals surface area contributed by atoms with Gasteiger partial charge in [0.25, 0.3) is 11.8 Å². The summed E-state index contributed by atoms with van der Waals surface area (Å²) in [6, 6.07) is 1.95. The SMILES string of the molecule is COC(=O)C1(C)CCC(Oc2cc(C(=O)N[C@@H]3[C@H]4CC[C@H](C4)[C@@H]3C(=O)N(F)CC3(CI)CC3)c(OC)cc2F)CC1. The van der Waals surface area contributed by atoms with Crippen LogP contribution in [0.1, 0.15) is 75.1 Å². The maximum absolute atomic E-state index is 15.1. The van der Waals surface area contributed by atoms with E-state index in [1.165, 1.54) is 20.3 Å². The highest BCUT2D eigenvalue weighted by molar-refractivity contribution is 14.1. The number of esters is 1. The van der Waals surface area contributed by atoms with Gasteiger partial charge in [-0.15, -0.1) is 0 Å². The maximum Gasteiger partial charge on any atom is 0.311 e. The van der Waals surface area contributed by atoms with Crippen LogP contribution in [0.2, 0.25) is 0 Å². The van der Waals surface area contributed by atoms with Gasteiger partial charge in [0.15, 0.2) is 11.6 Å². The number of benzene rings is 1. The lowest BCUT2D eigenvalue weighted by atomic mass is 9.75. The fourth-order valence-corrected chi connectivity index (χ4v) is 8.08. The lowest BCUT2D eigenvalue weighted by molar-refractivity contribution is -0.155. The summed E-state index contributed by atoms with van der Waals surface area (Å²) in [7, 11) is 2.72. The van der Waals surface area contributed by atoms with Crippen molar-refractivity contribution in [2.45, 2.75) is 76.9 Å². The lowest BCUT2D eigenvalue weighted by Gasteiger charge is -2.35. The number of rotatable bonds is 10. The molecule has 0 saturated heterocycles. The Morgan fingerprint density at radius 1 is 1.05 bits per heavy atom. The minimum Gasteiger partial charge on any atom is -0.496 e. The van der Waals surface area contributed by atoms with Gasteiger partial charge in [0.05, 0.1) is 43.8 Å². The number of ether oxygens (including phenoxy) is 3. The quantitative estimate of drug-likeness (QED) is 0.153. The highest BCUT2D eigenvalue weighted by Gasteiger charge is 2.54. The zero-order valence-corrected chi connectivity index (χ0v) is 26.0. The van der Waals surface area contributed by atoms with Crippen LogP contribution in [-0.2, 0) is 14.3 Å². The van der Waals surface area contributed by atoms with E-state index < -0.39 is 35.0 Å². The number of hydrogen-bond donors (Lipinski definition) is 1. The molecule has 41 heavy (non-hydrogen) atoms. The lowest BCUT2D eigenvalue weighted by Crippen LogP contribution is -2.50. The van der Waals surface area contributed by atoms with Crippen LogP contribution in [0, 0.1) is 34.4 Å². The molecule has 4 aliphatic rings. The van der Waals surface area contributed by atoms with Crippen LogP contribution >= 0.6 is 22.6 Å². The molecule has 226 valence electrons. The Bertz CT molecular complexity index is 1190. The number of alkyl halides is 1. The summed E-state index contributed by atoms with van der Waals surface area (Å²) >= 11 is 2.25. The molecule has 0 aromatic heterocycles. The van der Waals surface area contributed by atoms with Gasteiger partial charge in [-0.05, 0) is 88.0 Å². The van der Waals surface area contributed by atoms with Crippen molar-refractivity contribution in [3.63, 3.8) is 0 Å². The summed E-state index contributed by atoms with van der Waals surface area (Å²) in [4.78, 5) is 39.0. The van der Waals surface area contributed by atoms with Gasteiger partial charge in [-0.2, -0.15) is 5.12 Å². The molecule has 0 heterocycles. The molecule has 0 aliphatic heterocycles. The molecule has 11 heteroatoms. The monoisotopic (exact) mass is 688 g/mol. The number of methoxy groups -OCH3 is 2. The van der Waals surface area contributed by atoms with E-state index in [1.54, 1.807) is 0 Å². The first-order chi connectivity index (χ1) is 19.5. The summed E-state index contributed by atoms with van der Waals surface area (Å²) in [6.45, 7) is 1.95. The van der Waals surface area contributed by atoms with E-state index in [9.17, 15) is 14.4 Å². The van der Waals surface area contributed by atoms with Crippen molar-refractivity contribution < 1.29 is 37.5 Å². The largest absolute Gasteiger partial charge is 0.496 e. The average Bonchev–Trinajstić information content (AvgIpc) is 3.44. The molecule has 0 radical (unpaired) electrons. The van der Waals surface area contributed by atoms with Gasteiger partial charge < -0.3 is 19.5 Å². The van der Waals surface area contributed by atoms with Crippen LogP contribution in [-0.4, -0.2) is 60.2 Å². The minimum absolute atomic E-state index is 0.0294. The Morgan fingerprint density at radius 3 is 2.34 bits per heavy atom. The number of halogens is 3. The van der Waals surface area contributed by atoms with E-state index >= 15 is 8.87 Å². The fourth-order valence-electron chi connectivity index (χ4n) is 7.08. The molecule has 4 atom stereocenters. The van der Waals surface area contributed by atoms with Gasteiger partial charge in [0.1, 0.15) is 5.75 Å². The molecule has 1 N–H and O–H groups in total. The number of amides is 2. The summed E-state index contributed by atoms with van der Waals surface area (Å²) < 4.78 is 47.2. The standard InChI is InChI=1S/C30H39F2IN2O6/c1-29(28(38)40-3)8-6-19(7-9-29)41-23-13-20(22(39-2)14-21(23)31)26(36)34-25-18-5-4-17(12-18)24(25)27(37)35(32)16-30(15-33)10-11-30/h13-14,17-19,24-25H,4-12,15-16H2,1-3H3,(H,34,36)/t17-,18+,19?,24+,25-,29?/m1/s1. The van der Waals surface area contributed by atoms with Crippen molar-refractivity contribution in [3.8, 4) is 11.5 Å². The second-order valence-corrected chi connectivity index (χ2v) is 13.5. The predicted molar refractivity (Wildman–Crippen MR) is 155 cm³/mol. The number of fused-ring (bicyclic) bond motifs is 2. The van der Waals surface area contributed by atoms with Crippen molar-refractivity contribution in [1.29, 1.82) is 0 Å². The first-order valence-electron chi connectivity index (χ1n) is 14.5. The summed E-state index contributed by atoms with van der Waals surface area (Å²) in [5.41, 5.74) is -0.639. The third-order valence-electron chi connectivity index (χ3n) is 9.96. The van der Waals surface area contributed by atoms with E-state index in [1.807, 2.05) is 6.92 Å². The predicted octanol–water partition coefficient (Wildman–Crippen LogP) is 5.41. The Hall–Kier alpha value is -2.18. The number of nitrogens with one attached hydrogen (secondary N) is 1. The average molecular weight is 689 g/mol. The second kappa shape index (κ2) is 11.8. The van der Waals surface area contributed by atoms with E-state index in [0.717, 1.165) is 42.6 Å². The Balaban J connectivity index is 1.29. The molecule has 0 unspecified atom stereocenters. The molecule has 4 saturated carbocycles. The van der Waals surface area contributed by atoms with Crippen molar-refractivity contribution in [2.75, 3.05) is 25.2 Å². The molecule has 5 rings (SSSR count). The zero-order valence-electron chi connectivity index (χ0n) is 23.9. The number of nitrogens with zero attached hydrogens (tertiary/aromatic N) is 1. The normalized spacial score (nSPS) is 31.3. The van der Waals surface area contributed by atoms with Crippen LogP contribution in [0.5, 0.6) is 11.5 Å². The van der Waals surface area contributed by atoms with Gasteiger partial charge in [-0.1, -0.05) is 27.1 Å². The first-order valence-corrected chi connectivity index (χ1v) is 16.0. The van der Waals surface area contributed by atoms with Gasteiger partial charge in [-0.25, -0.2) is 4.39 Å². The van der Waals surface area contributed by atoms with E-state index in [0.29, 0.717) is 30.8 Å². The van der Waals surface area contributed by atoms with Gasteiger partial charge in [0, 0.05) is 16.5 Å². The molecule has 8 nitrogen and oxygen atoms in total. The van der Waals surface area contributed by atoms with Gasteiger partial charge >= 0.3 is 5.97 Å². The molecule has 2 amide bonds. The van der Waals surface area contributed by atoms with Crippen molar-refractivity contribution >= 4 is 40.4 Å². The van der Waals surface area contributed by atoms with Crippen molar-refractivity contribution in [3.05, 3.63) is 23.5 Å². The van der Waals surface area contributed by atoms with Crippen LogP contribution in [0.4, 0.5) is 8.87 Å². The highest BCUT2D eigenvalue weighted by Crippen LogP contribution is 2.51. The molecular formula is C30H39F2IN2O6. The molecule has 4 aliphatic carbocycles. The molecule has 2 bridgehead atoms. The number of carbonyl (C=O) groups is 3. The molecule has 1 aromatic rings. The maximum atomic E-state index is 15.1. The van der Waals surface area contributed by atoms with Crippen LogP contribution in [0.25, 0.3) is 0 Å². The smallest absolute Gasteiger partial charge is 0.311 e. The van der Waals surface area contributed by atoms with E-state index in [2.05, 4.69) is 27.9 Å². The topological polar surface area (TPSA) is 94.2 Å². The molecule has 4 fully saturated rings. The fraction of sp³-hybridized carbons (Fsp3) is 0.700. The zero-order chi connectivity index (χ0) is 29.5. The Kier molecular flexibility index (Phi) is 8.74. The van der Waals surface area contributed by atoms with Gasteiger partial charge in [-0.3, -0.25) is 14.4 Å². The summed E-state index contributed by atoms with van der Waals surface area (Å²) in [5.74, 6) is -2.54. The second-order valence-electron chi connectivity index (χ2n) is 12.7. The first kappa shape index (κ1) is 30.3. The third kappa shape index (κ3) is 6.01. The van der Waals surface area contributed by atoms with Gasteiger partial charge in [0.2, 0.25) is 0 Å². The van der Waals surface area contributed by atoms with Crippen LogP contribution in [0.3, 0.4) is 0 Å². The van der Waals surface area contributed by atoms with Crippen molar-refractivity contribution in [2.24, 2.45) is 28.6 Å². The summed E-state index contributed by atoms with van der Waals surface area (Å²) in [6.07, 6.45) is 6.14. The summed E-state index contributed by atoms with van der Waals surface area (Å²) in [5, 5.41) is 3.38. The molecular weight excluding hydrogens is 649 g/mol. The van der Waals surface area contributed by atoms with E-state index in [-0.39, 0.29) is 52.9 Å². The highest BCUT2D eigenvalue weighted by atomic mass is 127. The Labute approximate surface area is 253 Å². The Morgan fingerprint density at radius 2 is 1.73 bits per heavy atom. The van der Waals surface area contributed by atoms with E-state index in [4.69, 9.17) is 14.2 Å². The molecule has 0 spiro atoms. The third-order valence-corrected chi connectivity index (χ3v) is 11.6. The van der Waals surface area contributed by atoms with Crippen molar-refractivity contribution in [1.82, 2.24) is 10.4 Å². The number of carbonyl (C=O) groups excluding carboxylic acids is 3. The van der Waals surface area contributed by atoms with Crippen LogP contribution in [0.15, 0.2) is 12.1 Å². The van der Waals surface area contributed by atoms with Crippen LogP contribution < -0.4 is 14.8 Å². The number of hydrogen-bond acceptors (Lipinski definition) is 6. The minimum atomic E-state index is -0.662.